The Morgan fingerprint density at radius 2 is 1.89 bits per heavy atom. The average Bonchev–Trinajstić information content (AvgIpc) is 3.07. The number of carbonyl (C=O) groups excluding carboxylic acids is 1. The summed E-state index contributed by atoms with van der Waals surface area (Å²) in [6.07, 6.45) is 1.90. The normalized spacial score (nSPS) is 11.4. The van der Waals surface area contributed by atoms with Crippen LogP contribution in [0, 0.1) is 0 Å². The Morgan fingerprint density at radius 3 is 2.48 bits per heavy atom. The fourth-order valence-corrected chi connectivity index (χ4v) is 2.65. The summed E-state index contributed by atoms with van der Waals surface area (Å²) in [6.45, 7) is 6.05. The van der Waals surface area contributed by atoms with Crippen LogP contribution in [0.5, 0.6) is 0 Å². The average molecular weight is 385 g/mol. The second-order valence-electron chi connectivity index (χ2n) is 7.34. The quantitative estimate of drug-likeness (QED) is 0.692. The lowest BCUT2D eigenvalue weighted by Gasteiger charge is -2.12. The first-order valence-corrected chi connectivity index (χ1v) is 8.87. The zero-order valence-corrected chi connectivity index (χ0v) is 16.2. The van der Waals surface area contributed by atoms with Crippen molar-refractivity contribution in [2.75, 3.05) is 11.1 Å². The molecule has 2 heterocycles. The largest absolute Gasteiger partial charge is 0.382 e. The van der Waals surface area contributed by atoms with E-state index < -0.39 is 0 Å². The van der Waals surface area contributed by atoms with E-state index in [1.807, 2.05) is 45.0 Å². The van der Waals surface area contributed by atoms with Crippen molar-refractivity contribution in [2.45, 2.75) is 32.6 Å². The van der Waals surface area contributed by atoms with Crippen LogP contribution in [0.1, 0.15) is 32.1 Å². The third kappa shape index (κ3) is 4.65. The number of nitrogen functional groups attached to an aromatic ring is 1. The topological polar surface area (TPSA) is 94.0 Å². The van der Waals surface area contributed by atoms with Crippen molar-refractivity contribution >= 4 is 29.1 Å². The molecule has 0 saturated heterocycles. The predicted molar refractivity (Wildman–Crippen MR) is 107 cm³/mol. The van der Waals surface area contributed by atoms with Gasteiger partial charge in [0.15, 0.2) is 5.82 Å². The van der Waals surface area contributed by atoms with E-state index >= 15 is 0 Å². The molecule has 2 aromatic heterocycles. The number of nitrogens with zero attached hydrogens (tertiary/aromatic N) is 2. The highest BCUT2D eigenvalue weighted by molar-refractivity contribution is 6.33. The summed E-state index contributed by atoms with van der Waals surface area (Å²) >= 11 is 6.02. The number of rotatable bonds is 4. The SMILES string of the molecule is CC(C)(C)c1cc(NC(=O)Cc2ccc(-c3cnc(N)c(Cl)c3)cc2)no1. The van der Waals surface area contributed by atoms with Crippen LogP contribution in [-0.2, 0) is 16.6 Å². The Morgan fingerprint density at radius 1 is 1.19 bits per heavy atom. The number of amides is 1. The van der Waals surface area contributed by atoms with Crippen molar-refractivity contribution in [2.24, 2.45) is 0 Å². The summed E-state index contributed by atoms with van der Waals surface area (Å²) in [4.78, 5) is 16.3. The number of nitrogens with two attached hydrogens (primary N) is 1. The Balaban J connectivity index is 1.64. The predicted octanol–water partition coefficient (Wildman–Crippen LogP) is 4.45. The van der Waals surface area contributed by atoms with E-state index in [1.165, 1.54) is 0 Å². The number of nitrogens with one attached hydrogen (secondary N) is 1. The van der Waals surface area contributed by atoms with E-state index in [9.17, 15) is 4.79 Å². The number of benzene rings is 1. The van der Waals surface area contributed by atoms with Crippen molar-refractivity contribution in [3.8, 4) is 11.1 Å². The standard InChI is InChI=1S/C20H21ClN4O2/c1-20(2,3)16-10-17(25-27-16)24-18(26)8-12-4-6-13(7-5-12)14-9-15(21)19(22)23-11-14/h4-7,9-11H,8H2,1-3H3,(H2,22,23)(H,24,25,26). The molecule has 3 N–H and O–H groups in total. The zero-order valence-electron chi connectivity index (χ0n) is 15.4. The van der Waals surface area contributed by atoms with Gasteiger partial charge < -0.3 is 15.6 Å². The highest BCUT2D eigenvalue weighted by Gasteiger charge is 2.20. The van der Waals surface area contributed by atoms with Crippen LogP contribution in [-0.4, -0.2) is 16.0 Å². The lowest BCUT2D eigenvalue weighted by Crippen LogP contribution is -2.14. The van der Waals surface area contributed by atoms with Crippen molar-refractivity contribution < 1.29 is 9.32 Å². The molecule has 1 amide bonds. The second-order valence-corrected chi connectivity index (χ2v) is 7.75. The van der Waals surface area contributed by atoms with Crippen LogP contribution in [0.3, 0.4) is 0 Å². The van der Waals surface area contributed by atoms with Gasteiger partial charge in [0, 0.05) is 23.2 Å². The van der Waals surface area contributed by atoms with Crippen LogP contribution in [0.4, 0.5) is 11.6 Å². The Bertz CT molecular complexity index is 959. The van der Waals surface area contributed by atoms with Gasteiger partial charge in [0.1, 0.15) is 11.6 Å². The summed E-state index contributed by atoms with van der Waals surface area (Å²) in [5.74, 6) is 1.28. The van der Waals surface area contributed by atoms with E-state index in [1.54, 1.807) is 18.3 Å². The maximum absolute atomic E-state index is 12.2. The van der Waals surface area contributed by atoms with Gasteiger partial charge in [0.05, 0.1) is 11.4 Å². The molecule has 7 heteroatoms. The molecule has 0 unspecified atom stereocenters. The molecule has 140 valence electrons. The molecule has 0 saturated carbocycles. The molecule has 0 bridgehead atoms. The van der Waals surface area contributed by atoms with Crippen molar-refractivity contribution in [3.63, 3.8) is 0 Å². The van der Waals surface area contributed by atoms with Gasteiger partial charge in [-0.15, -0.1) is 0 Å². The Kier molecular flexibility index (Phi) is 5.19. The Labute approximate surface area is 162 Å². The number of anilines is 2. The van der Waals surface area contributed by atoms with E-state index in [-0.39, 0.29) is 17.7 Å². The molecule has 1 aromatic carbocycles. The lowest BCUT2D eigenvalue weighted by molar-refractivity contribution is -0.115. The van der Waals surface area contributed by atoms with E-state index in [0.717, 1.165) is 22.5 Å². The molecular formula is C20H21ClN4O2. The number of aromatic nitrogens is 2. The van der Waals surface area contributed by atoms with Crippen molar-refractivity contribution in [1.82, 2.24) is 10.1 Å². The molecule has 0 atom stereocenters. The summed E-state index contributed by atoms with van der Waals surface area (Å²) in [5.41, 5.74) is 8.16. The van der Waals surface area contributed by atoms with E-state index in [4.69, 9.17) is 21.9 Å². The molecule has 0 aliphatic carbocycles. The van der Waals surface area contributed by atoms with Gasteiger partial charge >= 0.3 is 0 Å². The second kappa shape index (κ2) is 7.40. The van der Waals surface area contributed by atoms with Crippen LogP contribution < -0.4 is 11.1 Å². The molecule has 0 radical (unpaired) electrons. The highest BCUT2D eigenvalue weighted by Crippen LogP contribution is 2.26. The zero-order chi connectivity index (χ0) is 19.6. The van der Waals surface area contributed by atoms with Crippen LogP contribution >= 0.6 is 11.6 Å². The summed E-state index contributed by atoms with van der Waals surface area (Å²) in [7, 11) is 0. The molecule has 27 heavy (non-hydrogen) atoms. The maximum Gasteiger partial charge on any atom is 0.230 e. The fraction of sp³-hybridized carbons (Fsp3) is 0.250. The van der Waals surface area contributed by atoms with Gasteiger partial charge in [0.2, 0.25) is 5.91 Å². The molecule has 3 aromatic rings. The minimum atomic E-state index is -0.161. The molecule has 0 aliphatic heterocycles. The minimum Gasteiger partial charge on any atom is -0.382 e. The monoisotopic (exact) mass is 384 g/mol. The molecule has 0 spiro atoms. The number of halogens is 1. The van der Waals surface area contributed by atoms with Gasteiger partial charge in [-0.25, -0.2) is 4.98 Å². The molecular weight excluding hydrogens is 364 g/mol. The van der Waals surface area contributed by atoms with Gasteiger partial charge in [-0.05, 0) is 17.2 Å². The first-order chi connectivity index (χ1) is 12.7. The number of pyridine rings is 1. The first kappa shape index (κ1) is 18.9. The molecule has 0 aliphatic rings. The first-order valence-electron chi connectivity index (χ1n) is 8.50. The maximum atomic E-state index is 12.2. The smallest absolute Gasteiger partial charge is 0.230 e. The molecule has 3 rings (SSSR count). The highest BCUT2D eigenvalue weighted by atomic mass is 35.5. The lowest BCUT2D eigenvalue weighted by atomic mass is 9.93. The summed E-state index contributed by atoms with van der Waals surface area (Å²) < 4.78 is 5.27. The van der Waals surface area contributed by atoms with E-state index in [0.29, 0.717) is 16.7 Å². The third-order valence-corrected chi connectivity index (χ3v) is 4.34. The number of carbonyl (C=O) groups is 1. The van der Waals surface area contributed by atoms with Crippen LogP contribution in [0.2, 0.25) is 5.02 Å². The van der Waals surface area contributed by atoms with Crippen molar-refractivity contribution in [3.05, 3.63) is 58.9 Å². The molecule has 0 fully saturated rings. The number of hydrogen-bond donors (Lipinski definition) is 2. The Hall–Kier alpha value is -2.86. The van der Waals surface area contributed by atoms with Crippen LogP contribution in [0.25, 0.3) is 11.1 Å². The number of hydrogen-bond acceptors (Lipinski definition) is 5. The summed E-state index contributed by atoms with van der Waals surface area (Å²) in [6, 6.07) is 11.1. The van der Waals surface area contributed by atoms with Crippen molar-refractivity contribution in [1.29, 1.82) is 0 Å². The minimum absolute atomic E-state index is 0.159. The van der Waals surface area contributed by atoms with Gasteiger partial charge in [0.25, 0.3) is 0 Å². The van der Waals surface area contributed by atoms with Gasteiger partial charge in [-0.3, -0.25) is 4.79 Å². The third-order valence-electron chi connectivity index (χ3n) is 4.04. The van der Waals surface area contributed by atoms with Gasteiger partial charge in [-0.2, -0.15) is 0 Å². The fourth-order valence-electron chi connectivity index (χ4n) is 2.48. The summed E-state index contributed by atoms with van der Waals surface area (Å²) in [5, 5.41) is 7.07. The molecule has 6 nitrogen and oxygen atoms in total. The van der Waals surface area contributed by atoms with Gasteiger partial charge in [-0.1, -0.05) is 61.8 Å². The van der Waals surface area contributed by atoms with E-state index in [2.05, 4.69) is 15.5 Å². The van der Waals surface area contributed by atoms with Crippen LogP contribution in [0.15, 0.2) is 47.1 Å².